The molecule has 0 unspecified atom stereocenters. The predicted molar refractivity (Wildman–Crippen MR) is 103 cm³/mol. The lowest BCUT2D eigenvalue weighted by Gasteiger charge is -2.40. The molecule has 13 heteroatoms. The van der Waals surface area contributed by atoms with Crippen LogP contribution >= 0.6 is 0 Å². The topological polar surface area (TPSA) is 156 Å². The number of hydrogen-bond donors (Lipinski definition) is 2. The maximum absolute atomic E-state index is 12.7. The van der Waals surface area contributed by atoms with E-state index in [1.54, 1.807) is 0 Å². The summed E-state index contributed by atoms with van der Waals surface area (Å²) in [5.74, 6) is -1.76. The zero-order valence-corrected chi connectivity index (χ0v) is 18.3. The van der Waals surface area contributed by atoms with E-state index in [0.29, 0.717) is 25.9 Å². The van der Waals surface area contributed by atoms with Crippen molar-refractivity contribution in [3.05, 3.63) is 0 Å². The lowest BCUT2D eigenvalue weighted by atomic mass is 9.99. The minimum atomic E-state index is -3.95. The first kappa shape index (κ1) is 24.8. The monoisotopic (exact) mass is 442 g/mol. The SMILES string of the molecule is COCCN(C(=O)CS(N)(=O)=O)C1CCN(C(=O)C(C)(C)NS(C)(=O)=O)CC1. The molecule has 164 valence electrons. The Hall–Kier alpha value is -1.28. The van der Waals surface area contributed by atoms with Gasteiger partial charge < -0.3 is 14.5 Å². The van der Waals surface area contributed by atoms with Crippen LogP contribution in [0.15, 0.2) is 0 Å². The lowest BCUT2D eigenvalue weighted by molar-refractivity contribution is -0.139. The molecule has 1 fully saturated rings. The molecular weight excluding hydrogens is 412 g/mol. The van der Waals surface area contributed by atoms with Crippen molar-refractivity contribution in [2.75, 3.05) is 45.4 Å². The molecule has 0 spiro atoms. The third-order valence-corrected chi connectivity index (χ3v) is 5.88. The minimum absolute atomic E-state index is 0.213. The van der Waals surface area contributed by atoms with Crippen molar-refractivity contribution < 1.29 is 31.2 Å². The van der Waals surface area contributed by atoms with Gasteiger partial charge in [-0.2, -0.15) is 0 Å². The van der Waals surface area contributed by atoms with Gasteiger partial charge in [-0.15, -0.1) is 0 Å². The summed E-state index contributed by atoms with van der Waals surface area (Å²) in [6.45, 7) is 4.05. The second-order valence-corrected chi connectivity index (χ2v) is 10.8. The number of carbonyl (C=O) groups excluding carboxylic acids is 2. The van der Waals surface area contributed by atoms with Crippen molar-refractivity contribution in [2.45, 2.75) is 38.3 Å². The highest BCUT2D eigenvalue weighted by Crippen LogP contribution is 2.20. The van der Waals surface area contributed by atoms with Crippen molar-refractivity contribution in [3.63, 3.8) is 0 Å². The van der Waals surface area contributed by atoms with E-state index in [1.807, 2.05) is 0 Å². The molecule has 1 rings (SSSR count). The second-order valence-electron chi connectivity index (χ2n) is 7.41. The highest BCUT2D eigenvalue weighted by Gasteiger charge is 2.37. The molecule has 1 aliphatic rings. The molecule has 0 saturated carbocycles. The van der Waals surface area contributed by atoms with E-state index in [0.717, 1.165) is 6.26 Å². The van der Waals surface area contributed by atoms with E-state index in [-0.39, 0.29) is 25.1 Å². The first-order chi connectivity index (χ1) is 12.7. The number of sulfonamides is 2. The summed E-state index contributed by atoms with van der Waals surface area (Å²) in [5, 5.41) is 4.98. The molecule has 0 aromatic carbocycles. The van der Waals surface area contributed by atoms with Crippen LogP contribution in [0.2, 0.25) is 0 Å². The number of amides is 2. The van der Waals surface area contributed by atoms with E-state index in [4.69, 9.17) is 9.88 Å². The van der Waals surface area contributed by atoms with Gasteiger partial charge in [-0.3, -0.25) is 9.59 Å². The van der Waals surface area contributed by atoms with Crippen LogP contribution < -0.4 is 9.86 Å². The largest absolute Gasteiger partial charge is 0.383 e. The van der Waals surface area contributed by atoms with E-state index >= 15 is 0 Å². The standard InChI is InChI=1S/C15H30N4O7S2/c1-15(2,17-27(4,22)23)14(21)18-7-5-12(6-8-18)19(9-10-26-3)13(20)11-28(16,24)25/h12,17H,5-11H2,1-4H3,(H2,16,24,25). The zero-order chi connectivity index (χ0) is 21.8. The fourth-order valence-corrected chi connectivity index (χ4v) is 4.76. The van der Waals surface area contributed by atoms with Gasteiger partial charge in [-0.25, -0.2) is 26.7 Å². The molecule has 2 amide bonds. The summed E-state index contributed by atoms with van der Waals surface area (Å²) in [7, 11) is -6.04. The third kappa shape index (κ3) is 7.99. The average molecular weight is 443 g/mol. The molecule has 0 aliphatic carbocycles. The number of hydrogen-bond acceptors (Lipinski definition) is 7. The van der Waals surface area contributed by atoms with Crippen LogP contribution in [0.25, 0.3) is 0 Å². The van der Waals surface area contributed by atoms with Crippen LogP contribution in [0.4, 0.5) is 0 Å². The lowest BCUT2D eigenvalue weighted by Crippen LogP contribution is -2.58. The van der Waals surface area contributed by atoms with E-state index in [1.165, 1.54) is 30.8 Å². The van der Waals surface area contributed by atoms with Crippen LogP contribution in [-0.2, 0) is 34.4 Å². The molecule has 1 heterocycles. The molecule has 1 saturated heterocycles. The van der Waals surface area contributed by atoms with Crippen molar-refractivity contribution in [1.29, 1.82) is 0 Å². The van der Waals surface area contributed by atoms with Gasteiger partial charge in [0.2, 0.25) is 31.9 Å². The summed E-state index contributed by atoms with van der Waals surface area (Å²) >= 11 is 0. The summed E-state index contributed by atoms with van der Waals surface area (Å²) in [4.78, 5) is 28.0. The number of rotatable bonds is 9. The first-order valence-electron chi connectivity index (χ1n) is 8.73. The maximum Gasteiger partial charge on any atom is 0.243 e. The Balaban J connectivity index is 2.80. The molecule has 0 atom stereocenters. The van der Waals surface area contributed by atoms with Gasteiger partial charge >= 0.3 is 0 Å². The highest BCUT2D eigenvalue weighted by atomic mass is 32.2. The summed E-state index contributed by atoms with van der Waals surface area (Å²) in [6, 6.07) is -0.264. The van der Waals surface area contributed by atoms with Gasteiger partial charge in [0.05, 0.1) is 12.9 Å². The molecule has 0 aromatic heterocycles. The Morgan fingerprint density at radius 3 is 2.18 bits per heavy atom. The van der Waals surface area contributed by atoms with E-state index in [9.17, 15) is 26.4 Å². The van der Waals surface area contributed by atoms with Gasteiger partial charge in [0, 0.05) is 32.8 Å². The Labute approximate surface area is 166 Å². The molecule has 3 N–H and O–H groups in total. The summed E-state index contributed by atoms with van der Waals surface area (Å²) in [5.41, 5.74) is -1.29. The molecule has 0 aromatic rings. The van der Waals surface area contributed by atoms with Gasteiger partial charge in [0.25, 0.3) is 0 Å². The molecule has 28 heavy (non-hydrogen) atoms. The highest BCUT2D eigenvalue weighted by molar-refractivity contribution is 7.89. The number of nitrogens with zero attached hydrogens (tertiary/aromatic N) is 2. The summed E-state index contributed by atoms with van der Waals surface area (Å²) in [6.07, 6.45) is 1.85. The molecular formula is C15H30N4O7S2. The van der Waals surface area contributed by atoms with Crippen LogP contribution in [0.3, 0.4) is 0 Å². The Morgan fingerprint density at radius 1 is 1.21 bits per heavy atom. The number of carbonyl (C=O) groups is 2. The number of ether oxygens (including phenoxy) is 1. The predicted octanol–water partition coefficient (Wildman–Crippen LogP) is -1.93. The van der Waals surface area contributed by atoms with Crippen LogP contribution in [-0.4, -0.2) is 95.4 Å². The number of methoxy groups -OCH3 is 1. The second kappa shape index (κ2) is 9.48. The van der Waals surface area contributed by atoms with Crippen molar-refractivity contribution in [1.82, 2.24) is 14.5 Å². The van der Waals surface area contributed by atoms with Gasteiger partial charge in [0.1, 0.15) is 11.3 Å². The zero-order valence-electron chi connectivity index (χ0n) is 16.7. The molecule has 1 aliphatic heterocycles. The van der Waals surface area contributed by atoms with Crippen molar-refractivity contribution in [2.24, 2.45) is 5.14 Å². The normalized spacial score (nSPS) is 16.8. The van der Waals surface area contributed by atoms with Gasteiger partial charge in [-0.05, 0) is 26.7 Å². The van der Waals surface area contributed by atoms with E-state index < -0.39 is 37.2 Å². The van der Waals surface area contributed by atoms with Crippen LogP contribution in [0, 0.1) is 0 Å². The number of nitrogens with one attached hydrogen (secondary N) is 1. The Kier molecular flexibility index (Phi) is 8.38. The minimum Gasteiger partial charge on any atom is -0.383 e. The van der Waals surface area contributed by atoms with Crippen molar-refractivity contribution >= 4 is 31.9 Å². The molecule has 0 bridgehead atoms. The quantitative estimate of drug-likeness (QED) is 0.421. The van der Waals surface area contributed by atoms with E-state index in [2.05, 4.69) is 4.72 Å². The van der Waals surface area contributed by atoms with Crippen LogP contribution in [0.5, 0.6) is 0 Å². The fourth-order valence-electron chi connectivity index (χ4n) is 3.24. The fraction of sp³-hybridized carbons (Fsp3) is 0.867. The maximum atomic E-state index is 12.7. The Bertz CT molecular complexity index is 772. The van der Waals surface area contributed by atoms with Gasteiger partial charge in [-0.1, -0.05) is 0 Å². The number of primary sulfonamides is 1. The molecule has 0 radical (unpaired) electrons. The smallest absolute Gasteiger partial charge is 0.243 e. The summed E-state index contributed by atoms with van der Waals surface area (Å²) < 4.78 is 52.8. The number of nitrogens with two attached hydrogens (primary N) is 1. The third-order valence-electron chi connectivity index (χ3n) is 4.35. The number of piperidine rings is 1. The van der Waals surface area contributed by atoms with Gasteiger partial charge in [0.15, 0.2) is 0 Å². The Morgan fingerprint density at radius 2 is 1.75 bits per heavy atom. The molecule has 11 nitrogen and oxygen atoms in total. The van der Waals surface area contributed by atoms with Crippen LogP contribution in [0.1, 0.15) is 26.7 Å². The average Bonchev–Trinajstić information content (AvgIpc) is 2.51. The van der Waals surface area contributed by atoms with Crippen molar-refractivity contribution in [3.8, 4) is 0 Å². The number of likely N-dealkylation sites (tertiary alicyclic amines) is 1. The first-order valence-corrected chi connectivity index (χ1v) is 12.3.